The van der Waals surface area contributed by atoms with Crippen molar-refractivity contribution < 1.29 is 4.74 Å². The zero-order valence-electron chi connectivity index (χ0n) is 8.66. The van der Waals surface area contributed by atoms with E-state index in [4.69, 9.17) is 16.3 Å². The fourth-order valence-corrected chi connectivity index (χ4v) is 2.23. The zero-order valence-corrected chi connectivity index (χ0v) is 10.3. The lowest BCUT2D eigenvalue weighted by molar-refractivity contribution is 0.353. The van der Waals surface area contributed by atoms with E-state index >= 15 is 0 Å². The van der Waals surface area contributed by atoms with Gasteiger partial charge in [-0.2, -0.15) is 0 Å². The van der Waals surface area contributed by atoms with E-state index < -0.39 is 0 Å². The van der Waals surface area contributed by atoms with Crippen LogP contribution in [0.15, 0.2) is 21.6 Å². The molecule has 6 heteroatoms. The van der Waals surface area contributed by atoms with Crippen LogP contribution in [-0.4, -0.2) is 12.6 Å². The molecule has 16 heavy (non-hydrogen) atoms. The number of nitrogens with one attached hydrogen (secondary N) is 1. The minimum absolute atomic E-state index is 0.215. The van der Waals surface area contributed by atoms with Crippen LogP contribution >= 0.6 is 15.9 Å². The predicted molar refractivity (Wildman–Crippen MR) is 66.0 cm³/mol. The standard InChI is InChI=1S/C10H13BrN4O/c11-8-3-6-1-2-16-9(6)7(4-8)5-14-10(12)15-13/h3-4H,1-2,5,13H2,(H3,12,14,15). The van der Waals surface area contributed by atoms with Gasteiger partial charge in [-0.15, -0.1) is 0 Å². The number of rotatable bonds is 2. The number of halogens is 1. The minimum atomic E-state index is 0.215. The van der Waals surface area contributed by atoms with E-state index in [-0.39, 0.29) is 5.96 Å². The van der Waals surface area contributed by atoms with E-state index in [1.807, 2.05) is 6.07 Å². The van der Waals surface area contributed by atoms with E-state index in [9.17, 15) is 0 Å². The Balaban J connectivity index is 2.27. The number of ether oxygens (including phenoxy) is 1. The summed E-state index contributed by atoms with van der Waals surface area (Å²) >= 11 is 3.46. The summed E-state index contributed by atoms with van der Waals surface area (Å²) in [6, 6.07) is 4.05. The molecule has 0 unspecified atom stereocenters. The summed E-state index contributed by atoms with van der Waals surface area (Å²) in [6.07, 6.45) is 0.941. The molecule has 86 valence electrons. The maximum Gasteiger partial charge on any atom is 0.203 e. The molecule has 5 N–H and O–H groups in total. The van der Waals surface area contributed by atoms with Crippen molar-refractivity contribution in [3.05, 3.63) is 27.7 Å². The molecule has 0 atom stereocenters. The van der Waals surface area contributed by atoms with Gasteiger partial charge < -0.3 is 10.5 Å². The van der Waals surface area contributed by atoms with Crippen LogP contribution in [0.25, 0.3) is 0 Å². The third-order valence-corrected chi connectivity index (χ3v) is 2.85. The number of hydrazine groups is 1. The van der Waals surface area contributed by atoms with Crippen molar-refractivity contribution >= 4 is 21.9 Å². The Kier molecular flexibility index (Phi) is 3.31. The van der Waals surface area contributed by atoms with Crippen LogP contribution in [0.1, 0.15) is 11.1 Å². The Labute approximate surface area is 102 Å². The van der Waals surface area contributed by atoms with Crippen molar-refractivity contribution in [1.82, 2.24) is 5.43 Å². The SMILES string of the molecule is NNC(N)=NCc1cc(Br)cc2c1OCC2. The number of guanidine groups is 1. The maximum absolute atomic E-state index is 5.57. The Morgan fingerprint density at radius 2 is 2.38 bits per heavy atom. The van der Waals surface area contributed by atoms with Gasteiger partial charge in [-0.3, -0.25) is 5.43 Å². The van der Waals surface area contributed by atoms with Gasteiger partial charge in [0.05, 0.1) is 13.2 Å². The first kappa shape index (κ1) is 11.2. The molecule has 1 aliphatic rings. The van der Waals surface area contributed by atoms with Crippen LogP contribution in [0.3, 0.4) is 0 Å². The number of nitrogens with zero attached hydrogens (tertiary/aromatic N) is 1. The van der Waals surface area contributed by atoms with Crippen LogP contribution in [-0.2, 0) is 13.0 Å². The molecule has 1 aromatic carbocycles. The van der Waals surface area contributed by atoms with E-state index in [1.54, 1.807) is 0 Å². The minimum Gasteiger partial charge on any atom is -0.493 e. The molecule has 0 saturated heterocycles. The van der Waals surface area contributed by atoms with Crippen molar-refractivity contribution in [2.24, 2.45) is 16.6 Å². The first-order chi connectivity index (χ1) is 7.70. The normalized spacial score (nSPS) is 14.5. The lowest BCUT2D eigenvalue weighted by Crippen LogP contribution is -2.37. The van der Waals surface area contributed by atoms with Crippen LogP contribution < -0.4 is 21.7 Å². The third-order valence-electron chi connectivity index (χ3n) is 2.39. The van der Waals surface area contributed by atoms with E-state index in [0.29, 0.717) is 6.54 Å². The maximum atomic E-state index is 5.57. The summed E-state index contributed by atoms with van der Waals surface area (Å²) in [7, 11) is 0. The summed E-state index contributed by atoms with van der Waals surface area (Å²) in [4.78, 5) is 4.09. The number of benzene rings is 1. The summed E-state index contributed by atoms with van der Waals surface area (Å²) in [5, 5.41) is 0. The number of aliphatic imine (C=N–C) groups is 1. The molecular formula is C10H13BrN4O. The van der Waals surface area contributed by atoms with E-state index in [1.165, 1.54) is 5.56 Å². The second-order valence-electron chi connectivity index (χ2n) is 3.50. The molecule has 0 radical (unpaired) electrons. The second kappa shape index (κ2) is 4.71. The molecule has 0 spiro atoms. The average Bonchev–Trinajstić information content (AvgIpc) is 2.73. The second-order valence-corrected chi connectivity index (χ2v) is 4.41. The molecule has 5 nitrogen and oxygen atoms in total. The summed E-state index contributed by atoms with van der Waals surface area (Å²) in [6.45, 7) is 1.19. The molecule has 0 amide bonds. The van der Waals surface area contributed by atoms with Gasteiger partial charge in [0.15, 0.2) is 0 Å². The smallest absolute Gasteiger partial charge is 0.203 e. The third kappa shape index (κ3) is 2.28. The van der Waals surface area contributed by atoms with Gasteiger partial charge in [-0.25, -0.2) is 10.8 Å². The van der Waals surface area contributed by atoms with Gasteiger partial charge in [-0.05, 0) is 17.7 Å². The number of fused-ring (bicyclic) bond motifs is 1. The fraction of sp³-hybridized carbons (Fsp3) is 0.300. The van der Waals surface area contributed by atoms with Crippen LogP contribution in [0.2, 0.25) is 0 Å². The lowest BCUT2D eigenvalue weighted by Gasteiger charge is -2.07. The Morgan fingerprint density at radius 3 is 3.12 bits per heavy atom. The molecule has 1 aromatic rings. The van der Waals surface area contributed by atoms with Crippen LogP contribution in [0.5, 0.6) is 5.75 Å². The molecule has 1 heterocycles. The Morgan fingerprint density at radius 1 is 1.56 bits per heavy atom. The van der Waals surface area contributed by atoms with Crippen molar-refractivity contribution in [2.45, 2.75) is 13.0 Å². The van der Waals surface area contributed by atoms with Crippen molar-refractivity contribution in [1.29, 1.82) is 0 Å². The highest BCUT2D eigenvalue weighted by Gasteiger charge is 2.16. The molecule has 1 aliphatic heterocycles. The zero-order chi connectivity index (χ0) is 11.5. The number of hydrogen-bond donors (Lipinski definition) is 3. The largest absolute Gasteiger partial charge is 0.493 e. The monoisotopic (exact) mass is 284 g/mol. The highest BCUT2D eigenvalue weighted by molar-refractivity contribution is 9.10. The molecule has 2 rings (SSSR count). The van der Waals surface area contributed by atoms with Crippen molar-refractivity contribution in [2.75, 3.05) is 6.61 Å². The number of nitrogens with two attached hydrogens (primary N) is 2. The van der Waals surface area contributed by atoms with Crippen molar-refractivity contribution in [3.63, 3.8) is 0 Å². The lowest BCUT2D eigenvalue weighted by atomic mass is 10.1. The first-order valence-corrected chi connectivity index (χ1v) is 5.70. The van der Waals surface area contributed by atoms with Gasteiger partial charge in [0.1, 0.15) is 5.75 Å². The average molecular weight is 285 g/mol. The first-order valence-electron chi connectivity index (χ1n) is 4.91. The topological polar surface area (TPSA) is 85.7 Å². The summed E-state index contributed by atoms with van der Waals surface area (Å²) in [5.74, 6) is 6.27. The fourth-order valence-electron chi connectivity index (χ4n) is 1.68. The summed E-state index contributed by atoms with van der Waals surface area (Å²) in [5.41, 5.74) is 9.98. The highest BCUT2D eigenvalue weighted by Crippen LogP contribution is 2.33. The molecular weight excluding hydrogens is 272 g/mol. The molecule has 0 bridgehead atoms. The molecule has 0 fully saturated rings. The van der Waals surface area contributed by atoms with Crippen molar-refractivity contribution in [3.8, 4) is 5.75 Å². The van der Waals surface area contributed by atoms with Gasteiger partial charge in [-0.1, -0.05) is 15.9 Å². The van der Waals surface area contributed by atoms with Gasteiger partial charge in [0.25, 0.3) is 0 Å². The molecule has 0 saturated carbocycles. The Hall–Kier alpha value is -1.27. The van der Waals surface area contributed by atoms with Crippen LogP contribution in [0, 0.1) is 0 Å². The van der Waals surface area contributed by atoms with Gasteiger partial charge >= 0.3 is 0 Å². The predicted octanol–water partition coefficient (Wildman–Crippen LogP) is 0.662. The number of hydrogen-bond acceptors (Lipinski definition) is 3. The highest BCUT2D eigenvalue weighted by atomic mass is 79.9. The quantitative estimate of drug-likeness (QED) is 0.322. The van der Waals surface area contributed by atoms with E-state index in [0.717, 1.165) is 28.8 Å². The molecule has 0 aliphatic carbocycles. The molecule has 0 aromatic heterocycles. The van der Waals surface area contributed by atoms with Gasteiger partial charge in [0.2, 0.25) is 5.96 Å². The van der Waals surface area contributed by atoms with E-state index in [2.05, 4.69) is 32.4 Å². The summed E-state index contributed by atoms with van der Waals surface area (Å²) < 4.78 is 6.60. The Bertz CT molecular complexity index is 433. The van der Waals surface area contributed by atoms with Gasteiger partial charge in [0, 0.05) is 16.5 Å². The van der Waals surface area contributed by atoms with Crippen LogP contribution in [0.4, 0.5) is 0 Å².